The van der Waals surface area contributed by atoms with Gasteiger partial charge in [0.2, 0.25) is 0 Å². The standard InChI is InChI=1S/C18H19BrN2O4/c1-11-5-4-6-14(9-11)25-12(2)17(22)20-21-18(23)13-7-8-16(24-3)15(19)10-13/h4-10,12H,1-3H3,(H,20,22)(H,21,23). The van der Waals surface area contributed by atoms with Gasteiger partial charge in [0, 0.05) is 5.56 Å². The summed E-state index contributed by atoms with van der Waals surface area (Å²) >= 11 is 3.31. The molecular weight excluding hydrogens is 388 g/mol. The molecule has 0 aliphatic carbocycles. The van der Waals surface area contributed by atoms with Crippen LogP contribution in [0.15, 0.2) is 46.9 Å². The number of hydrogen-bond donors (Lipinski definition) is 2. The lowest BCUT2D eigenvalue weighted by Crippen LogP contribution is -2.47. The molecule has 2 aromatic carbocycles. The lowest BCUT2D eigenvalue weighted by atomic mass is 10.2. The summed E-state index contributed by atoms with van der Waals surface area (Å²) in [5.41, 5.74) is 6.12. The van der Waals surface area contributed by atoms with E-state index in [1.165, 1.54) is 7.11 Å². The van der Waals surface area contributed by atoms with Crippen molar-refractivity contribution in [2.45, 2.75) is 20.0 Å². The highest BCUT2D eigenvalue weighted by Crippen LogP contribution is 2.25. The first-order valence-electron chi connectivity index (χ1n) is 7.57. The third-order valence-electron chi connectivity index (χ3n) is 3.38. The molecule has 25 heavy (non-hydrogen) atoms. The van der Waals surface area contributed by atoms with E-state index in [1.807, 2.05) is 25.1 Å². The number of hydrogen-bond acceptors (Lipinski definition) is 4. The normalized spacial score (nSPS) is 11.4. The van der Waals surface area contributed by atoms with Crippen molar-refractivity contribution >= 4 is 27.7 Å². The molecule has 0 radical (unpaired) electrons. The summed E-state index contributed by atoms with van der Waals surface area (Å²) in [4.78, 5) is 24.2. The maximum atomic E-state index is 12.1. The van der Waals surface area contributed by atoms with Gasteiger partial charge < -0.3 is 9.47 Å². The summed E-state index contributed by atoms with van der Waals surface area (Å²) in [6.45, 7) is 3.54. The first-order valence-corrected chi connectivity index (χ1v) is 8.37. The van der Waals surface area contributed by atoms with Crippen LogP contribution in [0, 0.1) is 6.92 Å². The highest BCUT2D eigenvalue weighted by molar-refractivity contribution is 9.10. The fourth-order valence-corrected chi connectivity index (χ4v) is 2.59. The Labute approximate surface area is 154 Å². The second-order valence-electron chi connectivity index (χ2n) is 5.37. The molecule has 0 spiro atoms. The maximum Gasteiger partial charge on any atom is 0.279 e. The number of ether oxygens (including phenoxy) is 2. The Morgan fingerprint density at radius 3 is 2.52 bits per heavy atom. The Bertz CT molecular complexity index is 779. The van der Waals surface area contributed by atoms with Gasteiger partial charge in [-0.2, -0.15) is 0 Å². The minimum atomic E-state index is -0.760. The van der Waals surface area contributed by atoms with E-state index in [0.29, 0.717) is 21.5 Å². The molecule has 0 fully saturated rings. The average Bonchev–Trinajstić information content (AvgIpc) is 2.59. The Morgan fingerprint density at radius 2 is 1.88 bits per heavy atom. The fourth-order valence-electron chi connectivity index (χ4n) is 2.05. The monoisotopic (exact) mass is 406 g/mol. The van der Waals surface area contributed by atoms with Crippen LogP contribution >= 0.6 is 15.9 Å². The number of nitrogens with one attached hydrogen (secondary N) is 2. The minimum Gasteiger partial charge on any atom is -0.496 e. The molecule has 0 saturated heterocycles. The number of methoxy groups -OCH3 is 1. The number of rotatable bonds is 5. The molecule has 1 unspecified atom stereocenters. The van der Waals surface area contributed by atoms with Crippen LogP contribution < -0.4 is 20.3 Å². The SMILES string of the molecule is COc1ccc(C(=O)NNC(=O)C(C)Oc2cccc(C)c2)cc1Br. The van der Waals surface area contributed by atoms with Crippen LogP contribution in [0.3, 0.4) is 0 Å². The Morgan fingerprint density at radius 1 is 1.12 bits per heavy atom. The van der Waals surface area contributed by atoms with Crippen LogP contribution in [0.4, 0.5) is 0 Å². The van der Waals surface area contributed by atoms with E-state index in [0.717, 1.165) is 5.56 Å². The number of halogens is 1. The Balaban J connectivity index is 1.90. The smallest absolute Gasteiger partial charge is 0.279 e. The summed E-state index contributed by atoms with van der Waals surface area (Å²) in [5, 5.41) is 0. The van der Waals surface area contributed by atoms with Crippen LogP contribution in [0.1, 0.15) is 22.8 Å². The molecule has 132 valence electrons. The largest absolute Gasteiger partial charge is 0.496 e. The molecule has 0 aliphatic rings. The van der Waals surface area contributed by atoms with Gasteiger partial charge in [-0.1, -0.05) is 12.1 Å². The van der Waals surface area contributed by atoms with E-state index >= 15 is 0 Å². The van der Waals surface area contributed by atoms with Gasteiger partial charge in [0.05, 0.1) is 11.6 Å². The summed E-state index contributed by atoms with van der Waals surface area (Å²) < 4.78 is 11.3. The molecule has 1 atom stereocenters. The Kier molecular flexibility index (Phi) is 6.41. The third-order valence-corrected chi connectivity index (χ3v) is 4.00. The molecule has 0 bridgehead atoms. The van der Waals surface area contributed by atoms with Crippen molar-refractivity contribution in [2.75, 3.05) is 7.11 Å². The topological polar surface area (TPSA) is 76.7 Å². The second-order valence-corrected chi connectivity index (χ2v) is 6.22. The van der Waals surface area contributed by atoms with Gasteiger partial charge in [0.25, 0.3) is 11.8 Å². The lowest BCUT2D eigenvalue weighted by Gasteiger charge is -2.15. The molecular formula is C18H19BrN2O4. The zero-order valence-electron chi connectivity index (χ0n) is 14.1. The number of benzene rings is 2. The number of amides is 2. The number of carbonyl (C=O) groups excluding carboxylic acids is 2. The zero-order chi connectivity index (χ0) is 18.4. The first kappa shape index (κ1) is 18.8. The van der Waals surface area contributed by atoms with E-state index in [9.17, 15) is 9.59 Å². The van der Waals surface area contributed by atoms with Crippen LogP contribution in [0.5, 0.6) is 11.5 Å². The third kappa shape index (κ3) is 5.22. The summed E-state index contributed by atoms with van der Waals surface area (Å²) in [6.07, 6.45) is -0.760. The van der Waals surface area contributed by atoms with Crippen molar-refractivity contribution in [1.82, 2.24) is 10.9 Å². The second kappa shape index (κ2) is 8.53. The van der Waals surface area contributed by atoms with Crippen LogP contribution in [-0.4, -0.2) is 25.0 Å². The summed E-state index contributed by atoms with van der Waals surface area (Å²) in [5.74, 6) is 0.302. The van der Waals surface area contributed by atoms with Gasteiger partial charge >= 0.3 is 0 Å². The Hall–Kier alpha value is -2.54. The number of aryl methyl sites for hydroxylation is 1. The molecule has 0 saturated carbocycles. The van der Waals surface area contributed by atoms with E-state index in [4.69, 9.17) is 9.47 Å². The molecule has 2 aromatic rings. The van der Waals surface area contributed by atoms with Crippen LogP contribution in [0.2, 0.25) is 0 Å². The highest BCUT2D eigenvalue weighted by Gasteiger charge is 2.16. The highest BCUT2D eigenvalue weighted by atomic mass is 79.9. The predicted molar refractivity (Wildman–Crippen MR) is 97.6 cm³/mol. The van der Waals surface area contributed by atoms with Crippen molar-refractivity contribution in [3.05, 3.63) is 58.1 Å². The molecule has 0 heterocycles. The minimum absolute atomic E-state index is 0.375. The molecule has 2 N–H and O–H groups in total. The van der Waals surface area contributed by atoms with Gasteiger partial charge in [0.1, 0.15) is 11.5 Å². The molecule has 2 rings (SSSR count). The predicted octanol–water partition coefficient (Wildman–Crippen LogP) is 2.99. The van der Waals surface area contributed by atoms with E-state index in [1.54, 1.807) is 31.2 Å². The van der Waals surface area contributed by atoms with Crippen molar-refractivity contribution in [3.63, 3.8) is 0 Å². The van der Waals surface area contributed by atoms with Crippen LogP contribution in [-0.2, 0) is 4.79 Å². The lowest BCUT2D eigenvalue weighted by molar-refractivity contribution is -0.128. The molecule has 2 amide bonds. The van der Waals surface area contributed by atoms with E-state index in [2.05, 4.69) is 26.8 Å². The number of hydrazine groups is 1. The van der Waals surface area contributed by atoms with Gasteiger partial charge in [-0.05, 0) is 65.7 Å². The van der Waals surface area contributed by atoms with Gasteiger partial charge in [-0.25, -0.2) is 0 Å². The first-order chi connectivity index (χ1) is 11.9. The van der Waals surface area contributed by atoms with E-state index < -0.39 is 17.9 Å². The zero-order valence-corrected chi connectivity index (χ0v) is 15.7. The summed E-state index contributed by atoms with van der Waals surface area (Å²) in [6, 6.07) is 12.2. The molecule has 0 aliphatic heterocycles. The van der Waals surface area contributed by atoms with Gasteiger partial charge in [-0.15, -0.1) is 0 Å². The maximum absolute atomic E-state index is 12.1. The van der Waals surface area contributed by atoms with Crippen molar-refractivity contribution < 1.29 is 19.1 Å². The van der Waals surface area contributed by atoms with Crippen LogP contribution in [0.25, 0.3) is 0 Å². The van der Waals surface area contributed by atoms with Gasteiger partial charge in [-0.3, -0.25) is 20.4 Å². The van der Waals surface area contributed by atoms with Gasteiger partial charge in [0.15, 0.2) is 6.10 Å². The van der Waals surface area contributed by atoms with Crippen molar-refractivity contribution in [3.8, 4) is 11.5 Å². The molecule has 6 nitrogen and oxygen atoms in total. The summed E-state index contributed by atoms with van der Waals surface area (Å²) in [7, 11) is 1.54. The van der Waals surface area contributed by atoms with Crippen molar-refractivity contribution in [1.29, 1.82) is 0 Å². The molecule has 7 heteroatoms. The quantitative estimate of drug-likeness (QED) is 0.748. The van der Waals surface area contributed by atoms with Crippen molar-refractivity contribution in [2.24, 2.45) is 0 Å². The number of carbonyl (C=O) groups is 2. The van der Waals surface area contributed by atoms with E-state index in [-0.39, 0.29) is 0 Å². The average molecular weight is 407 g/mol. The molecule has 0 aromatic heterocycles. The fraction of sp³-hybridized carbons (Fsp3) is 0.222.